The topological polar surface area (TPSA) is 66.8 Å². The van der Waals surface area contributed by atoms with E-state index >= 15 is 0 Å². The first-order valence-electron chi connectivity index (χ1n) is 7.03. The number of carbonyl (C=O) groups is 2. The molecule has 1 saturated heterocycles. The van der Waals surface area contributed by atoms with E-state index < -0.39 is 11.4 Å². The molecule has 1 amide bonds. The monoisotopic (exact) mass is 271 g/mol. The number of carboxylic acids is 1. The fraction of sp³-hybridized carbons (Fsp3) is 0.857. The van der Waals surface area contributed by atoms with Crippen molar-refractivity contribution in [3.8, 4) is 0 Å². The lowest BCUT2D eigenvalue weighted by Crippen LogP contribution is -2.44. The van der Waals surface area contributed by atoms with Crippen LogP contribution in [0, 0.1) is 5.41 Å². The summed E-state index contributed by atoms with van der Waals surface area (Å²) < 4.78 is 5.27. The van der Waals surface area contributed by atoms with Crippen LogP contribution in [0.25, 0.3) is 0 Å². The van der Waals surface area contributed by atoms with Gasteiger partial charge in [0.1, 0.15) is 0 Å². The second kappa shape index (κ2) is 6.89. The zero-order chi connectivity index (χ0) is 14.5. The molecule has 0 aliphatic carbocycles. The number of rotatable bonds is 6. The maximum absolute atomic E-state index is 12.3. The van der Waals surface area contributed by atoms with Crippen LogP contribution in [-0.4, -0.2) is 48.2 Å². The molecule has 0 unspecified atom stereocenters. The van der Waals surface area contributed by atoms with Crippen molar-refractivity contribution >= 4 is 11.9 Å². The van der Waals surface area contributed by atoms with Crippen molar-refractivity contribution in [2.75, 3.05) is 20.2 Å². The summed E-state index contributed by atoms with van der Waals surface area (Å²) >= 11 is 0. The van der Waals surface area contributed by atoms with E-state index in [9.17, 15) is 14.7 Å². The first kappa shape index (κ1) is 16.0. The van der Waals surface area contributed by atoms with Gasteiger partial charge in [-0.3, -0.25) is 9.59 Å². The molecule has 19 heavy (non-hydrogen) atoms. The quantitative estimate of drug-likeness (QED) is 0.801. The maximum atomic E-state index is 12.3. The molecule has 5 heteroatoms. The molecule has 0 aromatic rings. The van der Waals surface area contributed by atoms with Gasteiger partial charge in [-0.15, -0.1) is 0 Å². The molecule has 0 aromatic heterocycles. The summed E-state index contributed by atoms with van der Waals surface area (Å²) in [6.45, 7) is 5.01. The van der Waals surface area contributed by atoms with Crippen LogP contribution in [-0.2, 0) is 14.3 Å². The van der Waals surface area contributed by atoms with Gasteiger partial charge in [-0.25, -0.2) is 0 Å². The number of aliphatic carboxylic acids is 1. The number of amides is 1. The molecule has 1 rings (SSSR count). The summed E-state index contributed by atoms with van der Waals surface area (Å²) in [4.78, 5) is 25.4. The second-order valence-electron chi connectivity index (χ2n) is 5.29. The molecular weight excluding hydrogens is 246 g/mol. The number of carbonyl (C=O) groups excluding carboxylic acids is 1. The predicted molar refractivity (Wildman–Crippen MR) is 71.9 cm³/mol. The zero-order valence-electron chi connectivity index (χ0n) is 12.1. The molecule has 0 radical (unpaired) electrons. The molecule has 1 heterocycles. The fourth-order valence-corrected chi connectivity index (χ4v) is 2.62. The maximum Gasteiger partial charge on any atom is 0.310 e. The van der Waals surface area contributed by atoms with Gasteiger partial charge in [0.05, 0.1) is 11.5 Å². The smallest absolute Gasteiger partial charge is 0.310 e. The van der Waals surface area contributed by atoms with Crippen LogP contribution >= 0.6 is 0 Å². The first-order chi connectivity index (χ1) is 8.99. The predicted octanol–water partition coefficient (Wildman–Crippen LogP) is 1.90. The van der Waals surface area contributed by atoms with Gasteiger partial charge >= 0.3 is 5.97 Å². The number of piperidine rings is 1. The Labute approximate surface area is 114 Å². The lowest BCUT2D eigenvalue weighted by molar-refractivity contribution is -0.155. The number of nitrogens with zero attached hydrogens (tertiary/aromatic N) is 1. The molecule has 1 fully saturated rings. The highest BCUT2D eigenvalue weighted by atomic mass is 16.5. The molecule has 0 aromatic carbocycles. The Morgan fingerprint density at radius 1 is 1.26 bits per heavy atom. The van der Waals surface area contributed by atoms with E-state index in [1.54, 1.807) is 12.0 Å². The van der Waals surface area contributed by atoms with Gasteiger partial charge in [-0.1, -0.05) is 13.8 Å². The van der Waals surface area contributed by atoms with Crippen molar-refractivity contribution in [1.29, 1.82) is 0 Å². The zero-order valence-corrected chi connectivity index (χ0v) is 12.1. The Balaban J connectivity index is 2.61. The number of likely N-dealkylation sites (tertiary alicyclic amines) is 1. The van der Waals surface area contributed by atoms with E-state index in [2.05, 4.69) is 0 Å². The third-order valence-corrected chi connectivity index (χ3v) is 4.42. The average Bonchev–Trinajstić information content (AvgIpc) is 2.44. The molecule has 5 nitrogen and oxygen atoms in total. The highest BCUT2D eigenvalue weighted by Gasteiger charge is 2.38. The summed E-state index contributed by atoms with van der Waals surface area (Å²) in [5.41, 5.74) is -0.908. The summed E-state index contributed by atoms with van der Waals surface area (Å²) in [6, 6.07) is 0. The normalized spacial score (nSPS) is 17.5. The number of ether oxygens (including phenoxy) is 1. The lowest BCUT2D eigenvalue weighted by atomic mass is 9.79. The van der Waals surface area contributed by atoms with Crippen molar-refractivity contribution in [2.45, 2.75) is 52.1 Å². The van der Waals surface area contributed by atoms with Gasteiger partial charge < -0.3 is 14.7 Å². The molecule has 1 N–H and O–H groups in total. The van der Waals surface area contributed by atoms with E-state index in [1.165, 1.54) is 0 Å². The van der Waals surface area contributed by atoms with Crippen molar-refractivity contribution < 1.29 is 19.4 Å². The van der Waals surface area contributed by atoms with Crippen LogP contribution in [0.4, 0.5) is 0 Å². The third kappa shape index (κ3) is 3.69. The Morgan fingerprint density at radius 2 is 1.79 bits per heavy atom. The van der Waals surface area contributed by atoms with Crippen LogP contribution < -0.4 is 0 Å². The number of hydrogen-bond acceptors (Lipinski definition) is 3. The molecule has 0 saturated carbocycles. The van der Waals surface area contributed by atoms with E-state index in [4.69, 9.17) is 4.74 Å². The van der Waals surface area contributed by atoms with Crippen LogP contribution in [0.3, 0.4) is 0 Å². The molecule has 0 bridgehead atoms. The molecule has 1 aliphatic heterocycles. The summed E-state index contributed by atoms with van der Waals surface area (Å²) in [7, 11) is 1.69. The van der Waals surface area contributed by atoms with Gasteiger partial charge in [0, 0.05) is 26.6 Å². The van der Waals surface area contributed by atoms with E-state index in [1.807, 2.05) is 13.8 Å². The van der Waals surface area contributed by atoms with Crippen LogP contribution in [0.5, 0.6) is 0 Å². The van der Waals surface area contributed by atoms with Gasteiger partial charge in [-0.2, -0.15) is 0 Å². The lowest BCUT2D eigenvalue weighted by Gasteiger charge is -2.34. The summed E-state index contributed by atoms with van der Waals surface area (Å²) in [5.74, 6) is -0.904. The molecule has 1 aliphatic rings. The van der Waals surface area contributed by atoms with Gasteiger partial charge in [-0.05, 0) is 25.7 Å². The van der Waals surface area contributed by atoms with Gasteiger partial charge in [0.2, 0.25) is 5.91 Å². The standard InChI is InChI=1S/C14H25NO4/c1-4-14(5-2,13(17)18)10-12(16)15-8-6-11(19-3)7-9-15/h11H,4-10H2,1-3H3,(H,17,18). The third-order valence-electron chi connectivity index (χ3n) is 4.42. The van der Waals surface area contributed by atoms with Crippen molar-refractivity contribution in [1.82, 2.24) is 4.90 Å². The Kier molecular flexibility index (Phi) is 5.79. The van der Waals surface area contributed by atoms with Gasteiger partial charge in [0.15, 0.2) is 0 Å². The van der Waals surface area contributed by atoms with E-state index in [-0.39, 0.29) is 18.4 Å². The minimum absolute atomic E-state index is 0.0411. The highest BCUT2D eigenvalue weighted by Crippen LogP contribution is 2.32. The van der Waals surface area contributed by atoms with Crippen molar-refractivity contribution in [3.63, 3.8) is 0 Å². The number of methoxy groups -OCH3 is 1. The van der Waals surface area contributed by atoms with Crippen molar-refractivity contribution in [2.24, 2.45) is 5.41 Å². The SMILES string of the molecule is CCC(CC)(CC(=O)N1CCC(OC)CC1)C(=O)O. The largest absolute Gasteiger partial charge is 0.481 e. The second-order valence-corrected chi connectivity index (χ2v) is 5.29. The average molecular weight is 271 g/mol. The van der Waals surface area contributed by atoms with Crippen LogP contribution in [0.1, 0.15) is 46.0 Å². The van der Waals surface area contributed by atoms with Crippen LogP contribution in [0.15, 0.2) is 0 Å². The van der Waals surface area contributed by atoms with Crippen molar-refractivity contribution in [3.05, 3.63) is 0 Å². The Bertz CT molecular complexity index is 317. The minimum Gasteiger partial charge on any atom is -0.481 e. The minimum atomic E-state index is -0.908. The first-order valence-corrected chi connectivity index (χ1v) is 7.03. The number of carboxylic acid groups (broad SMARTS) is 1. The fourth-order valence-electron chi connectivity index (χ4n) is 2.62. The summed E-state index contributed by atoms with van der Waals surface area (Å²) in [6.07, 6.45) is 2.97. The van der Waals surface area contributed by atoms with E-state index in [0.29, 0.717) is 25.9 Å². The van der Waals surface area contributed by atoms with Crippen LogP contribution in [0.2, 0.25) is 0 Å². The highest BCUT2D eigenvalue weighted by molar-refractivity contribution is 5.85. The molecule has 0 atom stereocenters. The summed E-state index contributed by atoms with van der Waals surface area (Å²) in [5, 5.41) is 9.36. The van der Waals surface area contributed by atoms with E-state index in [0.717, 1.165) is 12.8 Å². The number of hydrogen-bond donors (Lipinski definition) is 1. The molecule has 110 valence electrons. The molecular formula is C14H25NO4. The Hall–Kier alpha value is -1.10. The molecule has 0 spiro atoms. The Morgan fingerprint density at radius 3 is 2.16 bits per heavy atom. The van der Waals surface area contributed by atoms with Gasteiger partial charge in [0.25, 0.3) is 0 Å².